The minimum atomic E-state index is -0.290. The van der Waals surface area contributed by atoms with Crippen LogP contribution >= 0.6 is 0 Å². The zero-order valence-corrected chi connectivity index (χ0v) is 20.0. The summed E-state index contributed by atoms with van der Waals surface area (Å²) < 4.78 is 5.39. The molecule has 1 aliphatic rings. The molecule has 0 radical (unpaired) electrons. The average molecular weight is 435 g/mol. The molecule has 5 nitrogen and oxygen atoms in total. The zero-order valence-electron chi connectivity index (χ0n) is 20.0. The van der Waals surface area contributed by atoms with Gasteiger partial charge >= 0.3 is 0 Å². The molecule has 1 N–H and O–H groups in total. The number of nitrogens with one attached hydrogen (secondary N) is 1. The number of aryl methyl sites for hydroxylation is 2. The molecule has 1 aliphatic heterocycles. The number of hydrogen-bond donors (Lipinski definition) is 1. The summed E-state index contributed by atoms with van der Waals surface area (Å²) in [4.78, 5) is 28.0. The fraction of sp³-hybridized carbons (Fsp3) is 0.407. The van der Waals surface area contributed by atoms with Crippen molar-refractivity contribution in [2.24, 2.45) is 0 Å². The van der Waals surface area contributed by atoms with Crippen LogP contribution < -0.4 is 5.32 Å². The Balaban J connectivity index is 1.97. The molecule has 0 saturated heterocycles. The maximum Gasteiger partial charge on any atom is 0.278 e. The van der Waals surface area contributed by atoms with Gasteiger partial charge in [0.2, 0.25) is 0 Å². The Morgan fingerprint density at radius 3 is 2.25 bits per heavy atom. The standard InChI is InChI=1S/C27H34N2O3/c1-7-32-16-8-15-29-25(30)23(22-14-9-18(2)17-19(22)3)24(26(29)31)28-21-12-10-20(11-13-21)27(4,5)6/h9-14,17,28H,7-8,15-16H2,1-6H3. The van der Waals surface area contributed by atoms with E-state index in [1.165, 1.54) is 10.5 Å². The van der Waals surface area contributed by atoms with Gasteiger partial charge in [-0.05, 0) is 61.4 Å². The first-order valence-corrected chi connectivity index (χ1v) is 11.3. The fourth-order valence-electron chi connectivity index (χ4n) is 3.91. The van der Waals surface area contributed by atoms with Crippen LogP contribution in [0.5, 0.6) is 0 Å². The molecule has 0 saturated carbocycles. The molecule has 0 spiro atoms. The highest BCUT2D eigenvalue weighted by Gasteiger charge is 2.39. The lowest BCUT2D eigenvalue weighted by molar-refractivity contribution is -0.137. The predicted octanol–water partition coefficient (Wildman–Crippen LogP) is 5.22. The maximum absolute atomic E-state index is 13.4. The Morgan fingerprint density at radius 2 is 1.66 bits per heavy atom. The largest absolute Gasteiger partial charge is 0.382 e. The van der Waals surface area contributed by atoms with Crippen LogP contribution in [0.15, 0.2) is 48.2 Å². The van der Waals surface area contributed by atoms with E-state index in [1.807, 2.05) is 51.1 Å². The molecule has 32 heavy (non-hydrogen) atoms. The van der Waals surface area contributed by atoms with Crippen LogP contribution in [-0.4, -0.2) is 36.5 Å². The lowest BCUT2D eigenvalue weighted by Crippen LogP contribution is -2.34. The highest BCUT2D eigenvalue weighted by atomic mass is 16.5. The molecule has 0 fully saturated rings. The lowest BCUT2D eigenvalue weighted by atomic mass is 9.87. The molecule has 0 bridgehead atoms. The second kappa shape index (κ2) is 9.70. The van der Waals surface area contributed by atoms with Gasteiger partial charge in [0, 0.05) is 25.4 Å². The summed E-state index contributed by atoms with van der Waals surface area (Å²) in [5.41, 5.74) is 5.67. The van der Waals surface area contributed by atoms with E-state index in [0.717, 1.165) is 22.4 Å². The Labute approximate surface area is 191 Å². The summed E-state index contributed by atoms with van der Waals surface area (Å²) in [5, 5.41) is 3.26. The smallest absolute Gasteiger partial charge is 0.278 e. The Bertz CT molecular complexity index is 1030. The number of amides is 2. The molecule has 1 heterocycles. The monoisotopic (exact) mass is 434 g/mol. The highest BCUT2D eigenvalue weighted by Crippen LogP contribution is 2.33. The first kappa shape index (κ1) is 23.7. The number of hydrogen-bond acceptors (Lipinski definition) is 4. The molecule has 3 rings (SSSR count). The summed E-state index contributed by atoms with van der Waals surface area (Å²) in [5.74, 6) is -0.548. The van der Waals surface area contributed by atoms with Crippen LogP contribution in [0.25, 0.3) is 5.57 Å². The van der Waals surface area contributed by atoms with Gasteiger partial charge in [0.15, 0.2) is 0 Å². The van der Waals surface area contributed by atoms with E-state index in [2.05, 4.69) is 38.2 Å². The number of carbonyl (C=O) groups is 2. The van der Waals surface area contributed by atoms with E-state index in [-0.39, 0.29) is 17.2 Å². The topological polar surface area (TPSA) is 58.6 Å². The van der Waals surface area contributed by atoms with Crippen molar-refractivity contribution in [1.82, 2.24) is 4.90 Å². The van der Waals surface area contributed by atoms with Crippen molar-refractivity contribution >= 4 is 23.1 Å². The summed E-state index contributed by atoms with van der Waals surface area (Å²) in [6.45, 7) is 13.9. The lowest BCUT2D eigenvalue weighted by Gasteiger charge is -2.19. The molecule has 5 heteroatoms. The molecule has 2 aromatic rings. The van der Waals surface area contributed by atoms with Crippen molar-refractivity contribution in [2.75, 3.05) is 25.1 Å². The van der Waals surface area contributed by atoms with Crippen molar-refractivity contribution in [2.45, 2.75) is 53.4 Å². The van der Waals surface area contributed by atoms with Crippen LogP contribution in [0.2, 0.25) is 0 Å². The second-order valence-corrected chi connectivity index (χ2v) is 9.33. The maximum atomic E-state index is 13.4. The van der Waals surface area contributed by atoms with E-state index in [4.69, 9.17) is 4.74 Å². The number of imide groups is 1. The SMILES string of the molecule is CCOCCCN1C(=O)C(Nc2ccc(C(C)(C)C)cc2)=C(c2ccc(C)cc2C)C1=O. The van der Waals surface area contributed by atoms with Gasteiger partial charge in [0.05, 0.1) is 5.57 Å². The van der Waals surface area contributed by atoms with Crippen LogP contribution in [0.1, 0.15) is 56.4 Å². The van der Waals surface area contributed by atoms with Crippen molar-refractivity contribution in [1.29, 1.82) is 0 Å². The van der Waals surface area contributed by atoms with Crippen LogP contribution in [0, 0.1) is 13.8 Å². The Morgan fingerprint density at radius 1 is 0.969 bits per heavy atom. The van der Waals surface area contributed by atoms with Crippen molar-refractivity contribution in [3.63, 3.8) is 0 Å². The molecule has 2 aromatic carbocycles. The van der Waals surface area contributed by atoms with Gasteiger partial charge in [-0.25, -0.2) is 0 Å². The van der Waals surface area contributed by atoms with Gasteiger partial charge in [0.25, 0.3) is 11.8 Å². The minimum absolute atomic E-state index is 0.0402. The normalized spacial score (nSPS) is 14.5. The highest BCUT2D eigenvalue weighted by molar-refractivity contribution is 6.36. The molecule has 0 atom stereocenters. The Kier molecular flexibility index (Phi) is 7.19. The number of carbonyl (C=O) groups excluding carboxylic acids is 2. The Hall–Kier alpha value is -2.92. The first-order chi connectivity index (χ1) is 15.1. The number of rotatable bonds is 8. The number of nitrogens with zero attached hydrogens (tertiary/aromatic N) is 1. The van der Waals surface area contributed by atoms with Gasteiger partial charge < -0.3 is 10.1 Å². The molecule has 170 valence electrons. The number of benzene rings is 2. The van der Waals surface area contributed by atoms with Crippen LogP contribution in [-0.2, 0) is 19.7 Å². The molecular weight excluding hydrogens is 400 g/mol. The van der Waals surface area contributed by atoms with E-state index >= 15 is 0 Å². The molecular formula is C27H34N2O3. The van der Waals surface area contributed by atoms with Gasteiger partial charge in [-0.3, -0.25) is 14.5 Å². The molecule has 0 unspecified atom stereocenters. The van der Waals surface area contributed by atoms with Crippen molar-refractivity contribution in [3.8, 4) is 0 Å². The minimum Gasteiger partial charge on any atom is -0.382 e. The molecule has 0 aromatic heterocycles. The third kappa shape index (κ3) is 5.10. The van der Waals surface area contributed by atoms with E-state index in [9.17, 15) is 9.59 Å². The average Bonchev–Trinajstić information content (AvgIpc) is 2.95. The zero-order chi connectivity index (χ0) is 23.5. The van der Waals surface area contributed by atoms with Crippen LogP contribution in [0.3, 0.4) is 0 Å². The number of ether oxygens (including phenoxy) is 1. The third-order valence-corrected chi connectivity index (χ3v) is 5.71. The number of anilines is 1. The molecule has 0 aliphatic carbocycles. The first-order valence-electron chi connectivity index (χ1n) is 11.3. The van der Waals surface area contributed by atoms with Gasteiger partial charge in [0.1, 0.15) is 5.70 Å². The summed E-state index contributed by atoms with van der Waals surface area (Å²) in [6.07, 6.45) is 0.610. The summed E-state index contributed by atoms with van der Waals surface area (Å²) in [6, 6.07) is 14.0. The van der Waals surface area contributed by atoms with E-state index in [1.54, 1.807) is 0 Å². The van der Waals surface area contributed by atoms with Crippen LogP contribution in [0.4, 0.5) is 5.69 Å². The van der Waals surface area contributed by atoms with Gasteiger partial charge in [-0.15, -0.1) is 0 Å². The van der Waals surface area contributed by atoms with Crippen molar-refractivity contribution in [3.05, 3.63) is 70.4 Å². The van der Waals surface area contributed by atoms with E-state index < -0.39 is 0 Å². The fourth-order valence-corrected chi connectivity index (χ4v) is 3.91. The van der Waals surface area contributed by atoms with Crippen molar-refractivity contribution < 1.29 is 14.3 Å². The summed E-state index contributed by atoms with van der Waals surface area (Å²) in [7, 11) is 0. The third-order valence-electron chi connectivity index (χ3n) is 5.71. The molecule has 2 amide bonds. The van der Waals surface area contributed by atoms with Gasteiger partial charge in [-0.2, -0.15) is 0 Å². The second-order valence-electron chi connectivity index (χ2n) is 9.33. The summed E-state index contributed by atoms with van der Waals surface area (Å²) >= 11 is 0. The predicted molar refractivity (Wildman–Crippen MR) is 129 cm³/mol. The quantitative estimate of drug-likeness (QED) is 0.457. The van der Waals surface area contributed by atoms with Gasteiger partial charge in [-0.1, -0.05) is 56.7 Å². The van der Waals surface area contributed by atoms with E-state index in [0.29, 0.717) is 37.4 Å².